The predicted molar refractivity (Wildman–Crippen MR) is 109 cm³/mol. The molecule has 0 heterocycles. The van der Waals surface area contributed by atoms with Crippen molar-refractivity contribution in [1.82, 2.24) is 0 Å². The molecule has 3 rings (SSSR count). The second kappa shape index (κ2) is 8.91. The van der Waals surface area contributed by atoms with E-state index in [9.17, 15) is 22.0 Å². The van der Waals surface area contributed by atoms with Gasteiger partial charge in [0.25, 0.3) is 10.0 Å². The number of anilines is 2. The van der Waals surface area contributed by atoms with Gasteiger partial charge in [-0.25, -0.2) is 17.2 Å². The van der Waals surface area contributed by atoms with Gasteiger partial charge < -0.3 is 10.1 Å². The first kappa shape index (κ1) is 21.3. The summed E-state index contributed by atoms with van der Waals surface area (Å²) in [6, 6.07) is 14.6. The molecule has 0 aliphatic rings. The number of sulfonamides is 1. The Morgan fingerprint density at radius 2 is 1.70 bits per heavy atom. The van der Waals surface area contributed by atoms with Crippen molar-refractivity contribution in [3.63, 3.8) is 0 Å². The van der Waals surface area contributed by atoms with Gasteiger partial charge in [-0.15, -0.1) is 0 Å². The molecular formula is C21H18F2N2O4S. The van der Waals surface area contributed by atoms with E-state index in [1.54, 1.807) is 6.07 Å². The number of hydrogen-bond acceptors (Lipinski definition) is 4. The number of ether oxygens (including phenoxy) is 1. The van der Waals surface area contributed by atoms with Crippen molar-refractivity contribution in [3.05, 3.63) is 83.9 Å². The summed E-state index contributed by atoms with van der Waals surface area (Å²) in [5, 5.41) is 2.60. The van der Waals surface area contributed by atoms with Crippen LogP contribution in [0.4, 0.5) is 20.2 Å². The zero-order valence-electron chi connectivity index (χ0n) is 15.9. The van der Waals surface area contributed by atoms with Crippen LogP contribution >= 0.6 is 0 Å². The quantitative estimate of drug-likeness (QED) is 0.592. The van der Waals surface area contributed by atoms with Gasteiger partial charge in [0, 0.05) is 5.69 Å². The topological polar surface area (TPSA) is 84.5 Å². The molecule has 0 fully saturated rings. The van der Waals surface area contributed by atoms with Crippen molar-refractivity contribution in [3.8, 4) is 5.75 Å². The number of amides is 1. The number of nitrogens with one attached hydrogen (secondary N) is 2. The summed E-state index contributed by atoms with van der Waals surface area (Å²) in [5.41, 5.74) is 0.597. The predicted octanol–water partition coefficient (Wildman–Crippen LogP) is 3.96. The number of carbonyl (C=O) groups excluding carboxylic acids is 1. The van der Waals surface area contributed by atoms with Gasteiger partial charge in [0.1, 0.15) is 17.4 Å². The number of carbonyl (C=O) groups is 1. The molecule has 6 nitrogen and oxygen atoms in total. The summed E-state index contributed by atoms with van der Waals surface area (Å²) in [7, 11) is -2.66. The second-order valence-corrected chi connectivity index (χ2v) is 7.97. The Morgan fingerprint density at radius 3 is 2.37 bits per heavy atom. The van der Waals surface area contributed by atoms with Gasteiger partial charge in [0.05, 0.1) is 24.1 Å². The summed E-state index contributed by atoms with van der Waals surface area (Å²) in [6.45, 7) is 0. The molecule has 0 bridgehead atoms. The zero-order valence-corrected chi connectivity index (χ0v) is 16.7. The lowest BCUT2D eigenvalue weighted by atomic mass is 10.1. The third-order valence-corrected chi connectivity index (χ3v) is 5.54. The van der Waals surface area contributed by atoms with Crippen molar-refractivity contribution in [2.45, 2.75) is 11.3 Å². The lowest BCUT2D eigenvalue weighted by Gasteiger charge is -2.14. The Kier molecular flexibility index (Phi) is 6.31. The van der Waals surface area contributed by atoms with E-state index >= 15 is 0 Å². The van der Waals surface area contributed by atoms with Gasteiger partial charge in [-0.1, -0.05) is 18.2 Å². The highest BCUT2D eigenvalue weighted by Gasteiger charge is 2.18. The Hall–Kier alpha value is -3.46. The minimum absolute atomic E-state index is 0.0746. The van der Waals surface area contributed by atoms with E-state index < -0.39 is 27.6 Å². The number of rotatable bonds is 7. The van der Waals surface area contributed by atoms with E-state index in [1.165, 1.54) is 43.5 Å². The van der Waals surface area contributed by atoms with Gasteiger partial charge in [0.2, 0.25) is 5.91 Å². The lowest BCUT2D eigenvalue weighted by Crippen LogP contribution is -2.16. The maximum Gasteiger partial charge on any atom is 0.262 e. The minimum atomic E-state index is -4.02. The average Bonchev–Trinajstić information content (AvgIpc) is 2.70. The molecule has 0 saturated carbocycles. The summed E-state index contributed by atoms with van der Waals surface area (Å²) >= 11 is 0. The smallest absolute Gasteiger partial charge is 0.262 e. The van der Waals surface area contributed by atoms with Crippen LogP contribution in [0.1, 0.15) is 5.56 Å². The standard InChI is InChI=1S/C21H18F2N2O4S/c1-29-20-11-8-16(24-21(26)12-14-4-2-3-5-18(14)23)13-19(20)25-30(27,28)17-9-6-15(22)7-10-17/h2-11,13,25H,12H2,1H3,(H,24,26). The van der Waals surface area contributed by atoms with Crippen LogP contribution in [-0.4, -0.2) is 21.4 Å². The molecule has 0 aliphatic heterocycles. The highest BCUT2D eigenvalue weighted by atomic mass is 32.2. The Morgan fingerprint density at radius 1 is 1.00 bits per heavy atom. The molecule has 0 aromatic heterocycles. The molecule has 0 aliphatic carbocycles. The number of methoxy groups -OCH3 is 1. The first-order chi connectivity index (χ1) is 14.3. The molecule has 1 amide bonds. The van der Waals surface area contributed by atoms with Crippen LogP contribution in [0.5, 0.6) is 5.75 Å². The van der Waals surface area contributed by atoms with Gasteiger partial charge in [-0.3, -0.25) is 9.52 Å². The third-order valence-electron chi connectivity index (χ3n) is 4.16. The van der Waals surface area contributed by atoms with Crippen LogP contribution in [-0.2, 0) is 21.2 Å². The molecule has 0 saturated heterocycles. The van der Waals surface area contributed by atoms with E-state index in [0.29, 0.717) is 0 Å². The van der Waals surface area contributed by atoms with Crippen molar-refractivity contribution < 1.29 is 26.7 Å². The van der Waals surface area contributed by atoms with Gasteiger partial charge in [-0.2, -0.15) is 0 Å². The third kappa shape index (κ3) is 5.12. The molecule has 0 radical (unpaired) electrons. The Bertz CT molecular complexity index is 1170. The van der Waals surface area contributed by atoms with Crippen molar-refractivity contribution in [2.24, 2.45) is 0 Å². The molecule has 0 atom stereocenters. The van der Waals surface area contributed by atoms with E-state index in [-0.39, 0.29) is 34.0 Å². The molecule has 9 heteroatoms. The molecular weight excluding hydrogens is 414 g/mol. The summed E-state index contributed by atoms with van der Waals surface area (Å²) in [6.07, 6.45) is -0.185. The minimum Gasteiger partial charge on any atom is -0.495 e. The fourth-order valence-corrected chi connectivity index (χ4v) is 3.76. The molecule has 156 valence electrons. The fourth-order valence-electron chi connectivity index (χ4n) is 2.70. The van der Waals surface area contributed by atoms with E-state index in [4.69, 9.17) is 4.74 Å². The van der Waals surface area contributed by atoms with Gasteiger partial charge >= 0.3 is 0 Å². The van der Waals surface area contributed by atoms with Crippen LogP contribution in [0, 0.1) is 11.6 Å². The number of benzene rings is 3. The zero-order chi connectivity index (χ0) is 21.7. The van der Waals surface area contributed by atoms with E-state index in [0.717, 1.165) is 24.3 Å². The highest BCUT2D eigenvalue weighted by Crippen LogP contribution is 2.30. The molecule has 0 spiro atoms. The lowest BCUT2D eigenvalue weighted by molar-refractivity contribution is -0.115. The number of halogens is 2. The molecule has 3 aromatic rings. The van der Waals surface area contributed by atoms with Crippen LogP contribution in [0.3, 0.4) is 0 Å². The normalized spacial score (nSPS) is 11.0. The molecule has 0 unspecified atom stereocenters. The first-order valence-corrected chi connectivity index (χ1v) is 10.3. The van der Waals surface area contributed by atoms with Gasteiger partial charge in [0.15, 0.2) is 0 Å². The maximum atomic E-state index is 13.7. The highest BCUT2D eigenvalue weighted by molar-refractivity contribution is 7.92. The van der Waals surface area contributed by atoms with Crippen LogP contribution < -0.4 is 14.8 Å². The molecule has 30 heavy (non-hydrogen) atoms. The van der Waals surface area contributed by atoms with Crippen molar-refractivity contribution >= 4 is 27.3 Å². The maximum absolute atomic E-state index is 13.7. The monoisotopic (exact) mass is 432 g/mol. The Labute approximate surface area is 172 Å². The average molecular weight is 432 g/mol. The summed E-state index contributed by atoms with van der Waals surface area (Å²) < 4.78 is 59.5. The van der Waals surface area contributed by atoms with Crippen LogP contribution in [0.2, 0.25) is 0 Å². The summed E-state index contributed by atoms with van der Waals surface area (Å²) in [4.78, 5) is 12.1. The fraction of sp³-hybridized carbons (Fsp3) is 0.0952. The van der Waals surface area contributed by atoms with Crippen LogP contribution in [0.25, 0.3) is 0 Å². The van der Waals surface area contributed by atoms with Crippen molar-refractivity contribution in [2.75, 3.05) is 17.1 Å². The van der Waals surface area contributed by atoms with E-state index in [2.05, 4.69) is 10.0 Å². The van der Waals surface area contributed by atoms with Crippen LogP contribution in [0.15, 0.2) is 71.6 Å². The number of hydrogen-bond donors (Lipinski definition) is 2. The van der Waals surface area contributed by atoms with Gasteiger partial charge in [-0.05, 0) is 54.1 Å². The second-order valence-electron chi connectivity index (χ2n) is 6.29. The molecule has 3 aromatic carbocycles. The Balaban J connectivity index is 1.80. The van der Waals surface area contributed by atoms with E-state index in [1.807, 2.05) is 0 Å². The van der Waals surface area contributed by atoms with Crippen molar-refractivity contribution in [1.29, 1.82) is 0 Å². The SMILES string of the molecule is COc1ccc(NC(=O)Cc2ccccc2F)cc1NS(=O)(=O)c1ccc(F)cc1. The molecule has 2 N–H and O–H groups in total. The largest absolute Gasteiger partial charge is 0.495 e. The first-order valence-electron chi connectivity index (χ1n) is 8.78. The summed E-state index contributed by atoms with van der Waals surface area (Å²) in [5.74, 6) is -1.31.